The first kappa shape index (κ1) is 23.0. The molecule has 2 aliphatic rings. The molecule has 0 saturated carbocycles. The lowest BCUT2D eigenvalue weighted by Crippen LogP contribution is -2.26. The van der Waals surface area contributed by atoms with Crippen LogP contribution < -0.4 is 5.32 Å². The number of carboxylic acid groups (broad SMARTS) is 1. The molecule has 0 spiro atoms. The summed E-state index contributed by atoms with van der Waals surface area (Å²) in [6.07, 6.45) is 2.16. The van der Waals surface area contributed by atoms with E-state index < -0.39 is 12.1 Å². The molecule has 31 heavy (non-hydrogen) atoms. The molecular formula is C18H20F3N5O4S. The Hall–Kier alpha value is -2.64. The number of alkyl halides is 3. The van der Waals surface area contributed by atoms with E-state index in [2.05, 4.69) is 25.2 Å². The summed E-state index contributed by atoms with van der Waals surface area (Å²) in [6.45, 7) is 3.42. The van der Waals surface area contributed by atoms with Crippen molar-refractivity contribution in [2.75, 3.05) is 25.0 Å². The number of hydrogen-bond acceptors (Lipinski definition) is 8. The molecular weight excluding hydrogens is 439 g/mol. The summed E-state index contributed by atoms with van der Waals surface area (Å²) in [5.74, 6) is -1.61. The highest BCUT2D eigenvalue weighted by molar-refractivity contribution is 7.09. The number of carboxylic acids is 1. The molecule has 0 aromatic carbocycles. The Morgan fingerprint density at radius 2 is 2.03 bits per heavy atom. The van der Waals surface area contributed by atoms with E-state index in [1.807, 2.05) is 11.6 Å². The maximum atomic E-state index is 12.2. The second kappa shape index (κ2) is 10.1. The summed E-state index contributed by atoms with van der Waals surface area (Å²) >= 11 is 1.68. The molecule has 168 valence electrons. The third-order valence-electron chi connectivity index (χ3n) is 4.88. The fourth-order valence-electron chi connectivity index (χ4n) is 3.54. The smallest absolute Gasteiger partial charge is 0.475 e. The number of likely N-dealkylation sites (tertiary alicyclic amines) is 1. The Labute approximate surface area is 179 Å². The molecule has 13 heteroatoms. The van der Waals surface area contributed by atoms with Crippen LogP contribution in [0.3, 0.4) is 0 Å². The highest BCUT2D eigenvalue weighted by Crippen LogP contribution is 2.36. The number of nitrogens with one attached hydrogen (secondary N) is 1. The fourth-order valence-corrected chi connectivity index (χ4v) is 4.19. The monoisotopic (exact) mass is 459 g/mol. The number of thiazole rings is 1. The number of nitrogens with zero attached hydrogens (tertiary/aromatic N) is 4. The molecule has 0 aliphatic carbocycles. The number of anilines is 1. The molecule has 0 unspecified atom stereocenters. The van der Waals surface area contributed by atoms with Crippen LogP contribution in [0, 0.1) is 11.8 Å². The second-order valence-electron chi connectivity index (χ2n) is 7.06. The van der Waals surface area contributed by atoms with Crippen LogP contribution in [0.15, 0.2) is 30.2 Å². The van der Waals surface area contributed by atoms with E-state index in [0.717, 1.165) is 24.6 Å². The lowest BCUT2D eigenvalue weighted by atomic mass is 9.90. The summed E-state index contributed by atoms with van der Waals surface area (Å²) in [4.78, 5) is 35.9. The minimum atomic E-state index is -5.08. The van der Waals surface area contributed by atoms with Gasteiger partial charge in [0.25, 0.3) is 0 Å². The third kappa shape index (κ3) is 6.67. The molecule has 2 aromatic rings. The topological polar surface area (TPSA) is 118 Å². The van der Waals surface area contributed by atoms with Gasteiger partial charge in [-0.15, -0.1) is 11.3 Å². The number of aromatic nitrogens is 3. The SMILES string of the molecule is O=C(C[C@@H]1CO[C@@H]2CN(Cc3nccs3)C[C@H]12)Nc1cnccn1.O=C(O)C(F)(F)F. The van der Waals surface area contributed by atoms with Crippen molar-refractivity contribution >= 4 is 29.0 Å². The van der Waals surface area contributed by atoms with Gasteiger partial charge < -0.3 is 15.2 Å². The fraction of sp³-hybridized carbons (Fsp3) is 0.500. The van der Waals surface area contributed by atoms with Crippen LogP contribution in [0.25, 0.3) is 0 Å². The minimum absolute atomic E-state index is 0.0249. The second-order valence-corrected chi connectivity index (χ2v) is 8.04. The molecule has 4 rings (SSSR count). The molecule has 2 N–H and O–H groups in total. The first-order valence-electron chi connectivity index (χ1n) is 9.30. The summed E-state index contributed by atoms with van der Waals surface area (Å²) < 4.78 is 37.7. The number of carbonyl (C=O) groups excluding carboxylic acids is 1. The average molecular weight is 459 g/mol. The summed E-state index contributed by atoms with van der Waals surface area (Å²) in [6, 6.07) is 0. The molecule has 2 aromatic heterocycles. The van der Waals surface area contributed by atoms with Crippen LogP contribution in [0.1, 0.15) is 11.4 Å². The molecule has 2 fully saturated rings. The third-order valence-corrected chi connectivity index (χ3v) is 5.64. The van der Waals surface area contributed by atoms with Gasteiger partial charge in [0.1, 0.15) is 5.01 Å². The predicted octanol–water partition coefficient (Wildman–Crippen LogP) is 2.04. The standard InChI is InChI=1S/C16H19N5O2S.C2HF3O2/c22-15(20-14-6-17-1-2-18-14)5-11-10-23-13-8-21(7-12(11)13)9-16-19-3-4-24-16;3-2(4,5)1(6)7/h1-4,6,11-13H,5,7-10H2,(H,18,20,22);(H,6,7)/t11-,12-,13-;/m1./s1. The van der Waals surface area contributed by atoms with Crippen molar-refractivity contribution in [1.82, 2.24) is 19.9 Å². The normalized spacial score (nSPS) is 23.0. The van der Waals surface area contributed by atoms with Crippen molar-refractivity contribution in [3.63, 3.8) is 0 Å². The van der Waals surface area contributed by atoms with Gasteiger partial charge in [0, 0.05) is 49.4 Å². The Kier molecular flexibility index (Phi) is 7.51. The zero-order chi connectivity index (χ0) is 22.4. The minimum Gasteiger partial charge on any atom is -0.475 e. The maximum Gasteiger partial charge on any atom is 0.490 e. The largest absolute Gasteiger partial charge is 0.490 e. The summed E-state index contributed by atoms with van der Waals surface area (Å²) in [5, 5.41) is 13.1. The Morgan fingerprint density at radius 1 is 1.26 bits per heavy atom. The van der Waals surface area contributed by atoms with Crippen LogP contribution in [-0.2, 0) is 20.9 Å². The van der Waals surface area contributed by atoms with Gasteiger partial charge in [0.15, 0.2) is 5.82 Å². The van der Waals surface area contributed by atoms with Crippen molar-refractivity contribution in [3.8, 4) is 0 Å². The number of halogens is 3. The van der Waals surface area contributed by atoms with Crippen molar-refractivity contribution in [3.05, 3.63) is 35.2 Å². The number of rotatable bonds is 5. The average Bonchev–Trinajstić information content (AvgIpc) is 3.42. The van der Waals surface area contributed by atoms with Gasteiger partial charge in [-0.25, -0.2) is 14.8 Å². The Morgan fingerprint density at radius 3 is 2.65 bits per heavy atom. The van der Waals surface area contributed by atoms with Crippen molar-refractivity contribution in [2.45, 2.75) is 25.2 Å². The van der Waals surface area contributed by atoms with Crippen LogP contribution in [0.4, 0.5) is 19.0 Å². The van der Waals surface area contributed by atoms with Crippen molar-refractivity contribution in [1.29, 1.82) is 0 Å². The number of amides is 1. The van der Waals surface area contributed by atoms with Gasteiger partial charge in [-0.05, 0) is 5.92 Å². The Bertz CT molecular complexity index is 869. The van der Waals surface area contributed by atoms with Gasteiger partial charge in [0.2, 0.25) is 5.91 Å². The van der Waals surface area contributed by atoms with E-state index in [9.17, 15) is 18.0 Å². The predicted molar refractivity (Wildman–Crippen MR) is 103 cm³/mol. The van der Waals surface area contributed by atoms with Gasteiger partial charge in [0.05, 0.1) is 25.5 Å². The van der Waals surface area contributed by atoms with Crippen LogP contribution in [-0.4, -0.2) is 68.8 Å². The van der Waals surface area contributed by atoms with Crippen LogP contribution >= 0.6 is 11.3 Å². The van der Waals surface area contributed by atoms with Gasteiger partial charge >= 0.3 is 12.1 Å². The summed E-state index contributed by atoms with van der Waals surface area (Å²) in [7, 11) is 0. The molecule has 0 radical (unpaired) electrons. The molecule has 0 bridgehead atoms. The lowest BCUT2D eigenvalue weighted by molar-refractivity contribution is -0.192. The van der Waals surface area contributed by atoms with Gasteiger partial charge in [-0.1, -0.05) is 0 Å². The first-order chi connectivity index (χ1) is 14.7. The number of hydrogen-bond donors (Lipinski definition) is 2. The van der Waals surface area contributed by atoms with Gasteiger partial charge in [-0.2, -0.15) is 13.2 Å². The molecule has 3 atom stereocenters. The number of ether oxygens (including phenoxy) is 1. The first-order valence-corrected chi connectivity index (χ1v) is 10.2. The highest BCUT2D eigenvalue weighted by atomic mass is 32.1. The quantitative estimate of drug-likeness (QED) is 0.698. The molecule has 4 heterocycles. The molecule has 2 saturated heterocycles. The number of carbonyl (C=O) groups is 2. The van der Waals surface area contributed by atoms with E-state index in [-0.39, 0.29) is 17.9 Å². The zero-order valence-corrected chi connectivity index (χ0v) is 17.0. The molecule has 1 amide bonds. The van der Waals surface area contributed by atoms with Crippen LogP contribution in [0.2, 0.25) is 0 Å². The lowest BCUT2D eigenvalue weighted by Gasteiger charge is -2.18. The number of aliphatic carboxylic acids is 1. The van der Waals surface area contributed by atoms with E-state index >= 15 is 0 Å². The molecule has 9 nitrogen and oxygen atoms in total. The van der Waals surface area contributed by atoms with Gasteiger partial charge in [-0.3, -0.25) is 14.7 Å². The number of fused-ring (bicyclic) bond motifs is 1. The maximum absolute atomic E-state index is 12.2. The Balaban J connectivity index is 0.000000339. The van der Waals surface area contributed by atoms with E-state index in [1.165, 1.54) is 0 Å². The van der Waals surface area contributed by atoms with E-state index in [0.29, 0.717) is 24.8 Å². The van der Waals surface area contributed by atoms with Crippen LogP contribution in [0.5, 0.6) is 0 Å². The zero-order valence-electron chi connectivity index (χ0n) is 16.2. The highest BCUT2D eigenvalue weighted by Gasteiger charge is 2.44. The van der Waals surface area contributed by atoms with Crippen molar-refractivity contribution in [2.24, 2.45) is 11.8 Å². The van der Waals surface area contributed by atoms with E-state index in [4.69, 9.17) is 14.6 Å². The van der Waals surface area contributed by atoms with Crippen molar-refractivity contribution < 1.29 is 32.6 Å². The van der Waals surface area contributed by atoms with E-state index in [1.54, 1.807) is 29.9 Å². The molecule has 2 aliphatic heterocycles. The summed E-state index contributed by atoms with van der Waals surface area (Å²) in [5.41, 5.74) is 0.